The van der Waals surface area contributed by atoms with E-state index in [1.807, 2.05) is 13.8 Å². The van der Waals surface area contributed by atoms with E-state index >= 15 is 0 Å². The predicted octanol–water partition coefficient (Wildman–Crippen LogP) is 1.26. The number of nitrogens with zero attached hydrogens (tertiary/aromatic N) is 1. The minimum absolute atomic E-state index is 0.0482. The molecule has 2 amide bonds. The lowest BCUT2D eigenvalue weighted by Gasteiger charge is -2.22. The molecule has 0 heterocycles. The highest BCUT2D eigenvalue weighted by Crippen LogP contribution is 2.03. The standard InChI is InChI=1S/C11H26N2O3Si/c1-4-8-13(9-5-2)11(14)12-7-6-10-17(3,15)16/h15-16H,4-10H2,1-3H3,(H,12,14). The maximum absolute atomic E-state index is 11.7. The monoisotopic (exact) mass is 262 g/mol. The van der Waals surface area contributed by atoms with Crippen molar-refractivity contribution >= 4 is 14.6 Å². The summed E-state index contributed by atoms with van der Waals surface area (Å²) in [7, 11) is -2.95. The van der Waals surface area contributed by atoms with Crippen LogP contribution in [0.3, 0.4) is 0 Å². The van der Waals surface area contributed by atoms with Gasteiger partial charge in [0.25, 0.3) is 0 Å². The van der Waals surface area contributed by atoms with Gasteiger partial charge in [0.1, 0.15) is 0 Å². The van der Waals surface area contributed by atoms with E-state index in [1.165, 1.54) is 6.55 Å². The molecular formula is C11H26N2O3Si. The number of hydrogen-bond acceptors (Lipinski definition) is 3. The number of nitrogens with one attached hydrogen (secondary N) is 1. The van der Waals surface area contributed by atoms with Gasteiger partial charge in [0, 0.05) is 19.6 Å². The van der Waals surface area contributed by atoms with Crippen molar-refractivity contribution in [2.75, 3.05) is 19.6 Å². The molecule has 0 saturated carbocycles. The first-order valence-corrected chi connectivity index (χ1v) is 8.98. The van der Waals surface area contributed by atoms with Crippen molar-refractivity contribution in [3.8, 4) is 0 Å². The second kappa shape index (κ2) is 8.49. The number of urea groups is 1. The molecule has 0 spiro atoms. The zero-order valence-electron chi connectivity index (χ0n) is 11.2. The summed E-state index contributed by atoms with van der Waals surface area (Å²) >= 11 is 0. The lowest BCUT2D eigenvalue weighted by Crippen LogP contribution is -2.41. The van der Waals surface area contributed by atoms with Crippen LogP contribution < -0.4 is 5.32 Å². The molecule has 0 aliphatic carbocycles. The number of amides is 2. The summed E-state index contributed by atoms with van der Waals surface area (Å²) in [5.74, 6) is 0. The van der Waals surface area contributed by atoms with Crippen molar-refractivity contribution in [2.45, 2.75) is 45.7 Å². The van der Waals surface area contributed by atoms with Gasteiger partial charge in [-0.25, -0.2) is 4.79 Å². The fourth-order valence-corrected chi connectivity index (χ4v) is 2.43. The van der Waals surface area contributed by atoms with E-state index in [2.05, 4.69) is 5.32 Å². The Hall–Kier alpha value is -0.593. The van der Waals surface area contributed by atoms with E-state index in [0.717, 1.165) is 25.9 Å². The van der Waals surface area contributed by atoms with E-state index in [9.17, 15) is 14.4 Å². The minimum Gasteiger partial charge on any atom is -0.411 e. The van der Waals surface area contributed by atoms with Gasteiger partial charge in [-0.2, -0.15) is 0 Å². The average Bonchev–Trinajstić information content (AvgIpc) is 2.22. The first kappa shape index (κ1) is 16.4. The molecule has 0 aliphatic rings. The molecule has 5 nitrogen and oxygen atoms in total. The first-order valence-electron chi connectivity index (χ1n) is 6.38. The molecule has 0 fully saturated rings. The van der Waals surface area contributed by atoms with Gasteiger partial charge >= 0.3 is 14.6 Å². The fourth-order valence-electron chi connectivity index (χ4n) is 1.59. The number of carbonyl (C=O) groups excluding carboxylic acids is 1. The molecule has 102 valence electrons. The normalized spacial score (nSPS) is 11.4. The highest BCUT2D eigenvalue weighted by atomic mass is 28.4. The SMILES string of the molecule is CCCN(CCC)C(=O)NCCC[Si](C)(O)O. The largest absolute Gasteiger partial charge is 0.411 e. The Kier molecular flexibility index (Phi) is 8.19. The van der Waals surface area contributed by atoms with E-state index in [4.69, 9.17) is 0 Å². The molecular weight excluding hydrogens is 236 g/mol. The van der Waals surface area contributed by atoms with E-state index in [1.54, 1.807) is 4.90 Å². The Bertz CT molecular complexity index is 213. The van der Waals surface area contributed by atoms with E-state index in [-0.39, 0.29) is 6.03 Å². The maximum Gasteiger partial charge on any atom is 0.329 e. The first-order chi connectivity index (χ1) is 7.90. The molecule has 0 aromatic rings. The van der Waals surface area contributed by atoms with E-state index < -0.39 is 8.56 Å². The molecule has 0 radical (unpaired) electrons. The minimum atomic E-state index is -2.95. The highest BCUT2D eigenvalue weighted by Gasteiger charge is 2.20. The third kappa shape index (κ3) is 9.14. The zero-order chi connectivity index (χ0) is 13.3. The smallest absolute Gasteiger partial charge is 0.329 e. The van der Waals surface area contributed by atoms with Gasteiger partial charge in [0.05, 0.1) is 0 Å². The highest BCUT2D eigenvalue weighted by molar-refractivity contribution is 6.63. The van der Waals surface area contributed by atoms with Gasteiger partial charge in [-0.3, -0.25) is 0 Å². The molecule has 0 rings (SSSR count). The second-order valence-electron chi connectivity index (χ2n) is 4.54. The van der Waals surface area contributed by atoms with Crippen molar-refractivity contribution < 1.29 is 14.4 Å². The quantitative estimate of drug-likeness (QED) is 0.455. The molecule has 3 N–H and O–H groups in total. The number of carbonyl (C=O) groups is 1. The lowest BCUT2D eigenvalue weighted by molar-refractivity contribution is 0.197. The van der Waals surface area contributed by atoms with Crippen LogP contribution in [0.2, 0.25) is 12.6 Å². The molecule has 6 heteroatoms. The fraction of sp³-hybridized carbons (Fsp3) is 0.909. The van der Waals surface area contributed by atoms with Crippen molar-refractivity contribution in [1.82, 2.24) is 10.2 Å². The summed E-state index contributed by atoms with van der Waals surface area (Å²) in [5, 5.41) is 2.81. The Balaban J connectivity index is 3.81. The van der Waals surface area contributed by atoms with Crippen LogP contribution in [0.5, 0.6) is 0 Å². The molecule has 0 aromatic carbocycles. The van der Waals surface area contributed by atoms with Crippen LogP contribution in [0.4, 0.5) is 4.79 Å². The van der Waals surface area contributed by atoms with Crippen LogP contribution in [0, 0.1) is 0 Å². The Labute approximate surface area is 105 Å². The van der Waals surface area contributed by atoms with Gasteiger partial charge in [-0.1, -0.05) is 13.8 Å². The molecule has 0 saturated heterocycles. The van der Waals surface area contributed by atoms with Crippen LogP contribution in [0.25, 0.3) is 0 Å². The summed E-state index contributed by atoms with van der Waals surface area (Å²) in [6.45, 7) is 7.62. The summed E-state index contributed by atoms with van der Waals surface area (Å²) < 4.78 is 0. The van der Waals surface area contributed by atoms with Crippen molar-refractivity contribution in [1.29, 1.82) is 0 Å². The van der Waals surface area contributed by atoms with Gasteiger partial charge < -0.3 is 19.8 Å². The maximum atomic E-state index is 11.7. The zero-order valence-corrected chi connectivity index (χ0v) is 12.2. The summed E-state index contributed by atoms with van der Waals surface area (Å²) in [6, 6.07) is 0.349. The molecule has 0 atom stereocenters. The van der Waals surface area contributed by atoms with Crippen LogP contribution in [-0.2, 0) is 0 Å². The van der Waals surface area contributed by atoms with Gasteiger partial charge in [-0.15, -0.1) is 0 Å². The van der Waals surface area contributed by atoms with Crippen LogP contribution in [-0.4, -0.2) is 48.7 Å². The van der Waals surface area contributed by atoms with Crippen molar-refractivity contribution in [2.24, 2.45) is 0 Å². The molecule has 0 aromatic heterocycles. The van der Waals surface area contributed by atoms with E-state index in [0.29, 0.717) is 19.0 Å². The van der Waals surface area contributed by atoms with Gasteiger partial charge in [0.2, 0.25) is 0 Å². The third-order valence-corrected chi connectivity index (χ3v) is 3.68. The Morgan fingerprint density at radius 3 is 2.18 bits per heavy atom. The summed E-state index contributed by atoms with van der Waals surface area (Å²) in [5.41, 5.74) is 0. The summed E-state index contributed by atoms with van der Waals surface area (Å²) in [6.07, 6.45) is 2.52. The van der Waals surface area contributed by atoms with Crippen molar-refractivity contribution in [3.05, 3.63) is 0 Å². The molecule has 0 aliphatic heterocycles. The van der Waals surface area contributed by atoms with Crippen molar-refractivity contribution in [3.63, 3.8) is 0 Å². The Morgan fingerprint density at radius 2 is 1.76 bits per heavy atom. The number of hydrogen-bond donors (Lipinski definition) is 3. The third-order valence-electron chi connectivity index (χ3n) is 2.38. The lowest BCUT2D eigenvalue weighted by atomic mass is 10.3. The van der Waals surface area contributed by atoms with Crippen LogP contribution >= 0.6 is 0 Å². The van der Waals surface area contributed by atoms with Crippen LogP contribution in [0.15, 0.2) is 0 Å². The van der Waals surface area contributed by atoms with Gasteiger partial charge in [-0.05, 0) is 31.9 Å². The molecule has 0 unspecified atom stereocenters. The Morgan fingerprint density at radius 1 is 1.24 bits per heavy atom. The summed E-state index contributed by atoms with van der Waals surface area (Å²) in [4.78, 5) is 32.0. The predicted molar refractivity (Wildman–Crippen MR) is 71.0 cm³/mol. The van der Waals surface area contributed by atoms with Gasteiger partial charge in [0.15, 0.2) is 0 Å². The topological polar surface area (TPSA) is 72.8 Å². The molecule has 17 heavy (non-hydrogen) atoms. The average molecular weight is 262 g/mol. The second-order valence-corrected chi connectivity index (χ2v) is 7.47. The number of rotatable bonds is 8. The molecule has 0 bridgehead atoms. The van der Waals surface area contributed by atoms with Crippen LogP contribution in [0.1, 0.15) is 33.1 Å².